The van der Waals surface area contributed by atoms with Crippen LogP contribution in [0.3, 0.4) is 0 Å². The van der Waals surface area contributed by atoms with Crippen molar-refractivity contribution in [2.24, 2.45) is 0 Å². The summed E-state index contributed by atoms with van der Waals surface area (Å²) < 4.78 is 6.04. The second kappa shape index (κ2) is 9.22. The number of carboxylic acids is 1. The molecule has 2 unspecified atom stereocenters. The van der Waals surface area contributed by atoms with Gasteiger partial charge in [0.1, 0.15) is 11.9 Å². The van der Waals surface area contributed by atoms with Gasteiger partial charge < -0.3 is 20.3 Å². The molecule has 0 aromatic heterocycles. The molecule has 3 rings (SSSR count). The molecule has 27 heavy (non-hydrogen) atoms. The zero-order chi connectivity index (χ0) is 19.2. The van der Waals surface area contributed by atoms with Crippen molar-refractivity contribution in [3.8, 4) is 5.75 Å². The van der Waals surface area contributed by atoms with E-state index >= 15 is 0 Å². The smallest absolute Gasteiger partial charge is 0.303 e. The average molecular weight is 390 g/mol. The number of carbonyl (C=O) groups is 1. The maximum atomic E-state index is 10.7. The molecule has 0 fully saturated rings. The van der Waals surface area contributed by atoms with E-state index in [0.717, 1.165) is 35.3 Å². The Morgan fingerprint density at radius 2 is 2.15 bits per heavy atom. The van der Waals surface area contributed by atoms with Gasteiger partial charge >= 0.3 is 5.97 Å². The van der Waals surface area contributed by atoms with Gasteiger partial charge in [-0.05, 0) is 54.2 Å². The highest BCUT2D eigenvalue weighted by Gasteiger charge is 2.20. The van der Waals surface area contributed by atoms with Crippen LogP contribution in [-0.2, 0) is 17.6 Å². The number of benzene rings is 2. The minimum atomic E-state index is -0.782. The maximum absolute atomic E-state index is 10.7. The second-order valence-corrected chi connectivity index (χ2v) is 7.28. The van der Waals surface area contributed by atoms with Gasteiger partial charge in [-0.15, -0.1) is 0 Å². The van der Waals surface area contributed by atoms with Crippen LogP contribution in [0.4, 0.5) is 0 Å². The van der Waals surface area contributed by atoms with Crippen LogP contribution in [0.25, 0.3) is 0 Å². The van der Waals surface area contributed by atoms with E-state index in [4.69, 9.17) is 21.4 Å². The summed E-state index contributed by atoms with van der Waals surface area (Å²) in [7, 11) is 0. The van der Waals surface area contributed by atoms with Crippen LogP contribution in [0, 0.1) is 0 Å². The van der Waals surface area contributed by atoms with Gasteiger partial charge in [-0.3, -0.25) is 4.79 Å². The zero-order valence-electron chi connectivity index (χ0n) is 15.0. The number of halogens is 1. The molecular weight excluding hydrogens is 366 g/mol. The predicted octanol–water partition coefficient (Wildman–Crippen LogP) is 3.37. The van der Waals surface area contributed by atoms with Gasteiger partial charge in [0.15, 0.2) is 0 Å². The molecule has 2 aromatic rings. The van der Waals surface area contributed by atoms with Crippen LogP contribution >= 0.6 is 11.6 Å². The van der Waals surface area contributed by atoms with Crippen LogP contribution in [-0.4, -0.2) is 35.4 Å². The van der Waals surface area contributed by atoms with Crippen LogP contribution in [0.15, 0.2) is 42.5 Å². The summed E-state index contributed by atoms with van der Waals surface area (Å²) in [6, 6.07) is 13.1. The number of aliphatic hydroxyl groups excluding tert-OH is 1. The van der Waals surface area contributed by atoms with Crippen LogP contribution in [0.1, 0.15) is 35.6 Å². The summed E-state index contributed by atoms with van der Waals surface area (Å²) in [5.41, 5.74) is 2.95. The number of carboxylic acid groups (broad SMARTS) is 1. The molecule has 0 saturated heterocycles. The molecule has 1 aliphatic heterocycles. The normalized spacial score (nSPS) is 17.0. The van der Waals surface area contributed by atoms with Crippen molar-refractivity contribution in [1.29, 1.82) is 0 Å². The van der Waals surface area contributed by atoms with Gasteiger partial charge in [-0.2, -0.15) is 0 Å². The number of aliphatic hydroxyl groups is 1. The van der Waals surface area contributed by atoms with Gasteiger partial charge in [0.2, 0.25) is 0 Å². The van der Waals surface area contributed by atoms with Crippen molar-refractivity contribution >= 4 is 17.6 Å². The van der Waals surface area contributed by atoms with Crippen molar-refractivity contribution in [3.05, 3.63) is 64.2 Å². The minimum absolute atomic E-state index is 0.0499. The molecule has 0 amide bonds. The fraction of sp³-hybridized carbons (Fsp3) is 0.381. The molecule has 3 N–H and O–H groups in total. The van der Waals surface area contributed by atoms with Crippen LogP contribution in [0.2, 0.25) is 5.02 Å². The largest absolute Gasteiger partial charge is 0.489 e. The number of aliphatic carboxylic acids is 1. The highest BCUT2D eigenvalue weighted by Crippen LogP contribution is 2.29. The molecule has 1 heterocycles. The van der Waals surface area contributed by atoms with Gasteiger partial charge in [-0.1, -0.05) is 35.9 Å². The summed E-state index contributed by atoms with van der Waals surface area (Å²) in [5.74, 6) is 0.0811. The summed E-state index contributed by atoms with van der Waals surface area (Å²) in [5, 5.41) is 22.9. The fourth-order valence-corrected chi connectivity index (χ4v) is 3.46. The monoisotopic (exact) mass is 389 g/mol. The Labute approximate surface area is 163 Å². The summed E-state index contributed by atoms with van der Waals surface area (Å²) in [6.45, 7) is 1.08. The highest BCUT2D eigenvalue weighted by molar-refractivity contribution is 6.30. The Balaban J connectivity index is 1.47. The van der Waals surface area contributed by atoms with Gasteiger partial charge in [0.05, 0.1) is 6.10 Å². The Hall–Kier alpha value is -2.08. The molecule has 144 valence electrons. The number of hydrogen-bond donors (Lipinski definition) is 3. The number of aryl methyl sites for hydroxylation is 2. The third kappa shape index (κ3) is 5.70. The molecule has 0 saturated carbocycles. The van der Waals surface area contributed by atoms with Crippen molar-refractivity contribution in [1.82, 2.24) is 5.32 Å². The Morgan fingerprint density at radius 1 is 1.30 bits per heavy atom. The Bertz CT molecular complexity index is 796. The first kappa shape index (κ1) is 19.7. The number of hydrogen-bond acceptors (Lipinski definition) is 4. The van der Waals surface area contributed by atoms with Gasteiger partial charge in [-0.25, -0.2) is 0 Å². The highest BCUT2D eigenvalue weighted by atomic mass is 35.5. The summed E-state index contributed by atoms with van der Waals surface area (Å²) >= 11 is 5.96. The van der Waals surface area contributed by atoms with E-state index in [0.29, 0.717) is 24.5 Å². The predicted molar refractivity (Wildman–Crippen MR) is 104 cm³/mol. The average Bonchev–Trinajstić information content (AvgIpc) is 2.66. The number of fused-ring (bicyclic) bond motifs is 1. The van der Waals surface area contributed by atoms with Crippen molar-refractivity contribution in [3.63, 3.8) is 0 Å². The van der Waals surface area contributed by atoms with E-state index in [9.17, 15) is 9.90 Å². The molecule has 0 spiro atoms. The molecular formula is C21H24ClNO4. The molecule has 0 radical (unpaired) electrons. The second-order valence-electron chi connectivity index (χ2n) is 6.84. The first-order chi connectivity index (χ1) is 13.0. The fourth-order valence-electron chi connectivity index (χ4n) is 3.26. The lowest BCUT2D eigenvalue weighted by Crippen LogP contribution is -2.36. The van der Waals surface area contributed by atoms with E-state index in [2.05, 4.69) is 5.32 Å². The first-order valence-electron chi connectivity index (χ1n) is 9.16. The van der Waals surface area contributed by atoms with E-state index < -0.39 is 12.1 Å². The lowest BCUT2D eigenvalue weighted by molar-refractivity contribution is -0.136. The number of ether oxygens (including phenoxy) is 1. The SMILES string of the molecule is O=C(O)CCc1ccc2c(c1)CCC(CNCC(O)c1cccc(Cl)c1)O2. The lowest BCUT2D eigenvalue weighted by Gasteiger charge is -2.27. The first-order valence-corrected chi connectivity index (χ1v) is 9.53. The topological polar surface area (TPSA) is 78.8 Å². The Morgan fingerprint density at radius 3 is 2.93 bits per heavy atom. The van der Waals surface area contributed by atoms with Gasteiger partial charge in [0.25, 0.3) is 0 Å². The lowest BCUT2D eigenvalue weighted by atomic mass is 9.98. The zero-order valence-corrected chi connectivity index (χ0v) is 15.8. The third-order valence-corrected chi connectivity index (χ3v) is 4.96. The van der Waals surface area contributed by atoms with E-state index in [1.165, 1.54) is 0 Å². The Kier molecular flexibility index (Phi) is 6.72. The molecule has 0 bridgehead atoms. The molecule has 2 aromatic carbocycles. The quantitative estimate of drug-likeness (QED) is 0.645. The summed E-state index contributed by atoms with van der Waals surface area (Å²) in [6.07, 6.45) is 1.90. The van der Waals surface area contributed by atoms with Crippen molar-refractivity contribution in [2.45, 2.75) is 37.9 Å². The standard InChI is InChI=1S/C21H24ClNO4/c22-17-3-1-2-15(11-17)19(24)13-23-12-18-7-6-16-10-14(5-9-21(25)26)4-8-20(16)27-18/h1-4,8,10-11,18-19,23-24H,5-7,9,12-13H2,(H,25,26). The molecule has 6 heteroatoms. The van der Waals surface area contributed by atoms with E-state index in [-0.39, 0.29) is 12.5 Å². The molecule has 5 nitrogen and oxygen atoms in total. The molecule has 0 aliphatic carbocycles. The third-order valence-electron chi connectivity index (χ3n) is 4.72. The van der Waals surface area contributed by atoms with Crippen LogP contribution < -0.4 is 10.1 Å². The van der Waals surface area contributed by atoms with Crippen molar-refractivity contribution < 1.29 is 19.7 Å². The molecule has 1 aliphatic rings. The number of nitrogens with one attached hydrogen (secondary N) is 1. The van der Waals surface area contributed by atoms with E-state index in [1.54, 1.807) is 12.1 Å². The maximum Gasteiger partial charge on any atom is 0.303 e. The van der Waals surface area contributed by atoms with Crippen LogP contribution in [0.5, 0.6) is 5.75 Å². The molecule has 2 atom stereocenters. The number of rotatable bonds is 8. The van der Waals surface area contributed by atoms with E-state index in [1.807, 2.05) is 30.3 Å². The van der Waals surface area contributed by atoms with Crippen molar-refractivity contribution in [2.75, 3.05) is 13.1 Å². The van der Waals surface area contributed by atoms with Gasteiger partial charge in [0, 0.05) is 24.5 Å². The summed E-state index contributed by atoms with van der Waals surface area (Å²) in [4.78, 5) is 10.7. The minimum Gasteiger partial charge on any atom is -0.489 e.